The van der Waals surface area contributed by atoms with Crippen LogP contribution in [0.15, 0.2) is 58.4 Å². The van der Waals surface area contributed by atoms with E-state index in [1.54, 1.807) is 12.1 Å². The van der Waals surface area contributed by atoms with Gasteiger partial charge in [-0.05, 0) is 72.4 Å². The van der Waals surface area contributed by atoms with E-state index in [1.807, 2.05) is 28.5 Å². The van der Waals surface area contributed by atoms with Crippen LogP contribution >= 0.6 is 23.4 Å². The van der Waals surface area contributed by atoms with Crippen LogP contribution in [0.1, 0.15) is 42.0 Å². The zero-order valence-electron chi connectivity index (χ0n) is 16.4. The molecule has 3 aromatic rings. The summed E-state index contributed by atoms with van der Waals surface area (Å²) >= 11 is 8.06. The summed E-state index contributed by atoms with van der Waals surface area (Å²) < 4.78 is 15.2. The molecule has 0 saturated heterocycles. The first-order chi connectivity index (χ1) is 14.6. The molecule has 0 radical (unpaired) electrons. The minimum atomic E-state index is -0.260. The summed E-state index contributed by atoms with van der Waals surface area (Å²) in [6, 6.07) is 14.6. The molecule has 2 aromatic carbocycles. The highest BCUT2D eigenvalue weighted by molar-refractivity contribution is 8.00. The van der Waals surface area contributed by atoms with E-state index in [0.29, 0.717) is 17.7 Å². The number of hydrogen-bond acceptors (Lipinski definition) is 2. The minimum Gasteiger partial charge on any atom is -0.308 e. The van der Waals surface area contributed by atoms with E-state index in [1.165, 1.54) is 37.0 Å². The van der Waals surface area contributed by atoms with Gasteiger partial charge < -0.3 is 4.98 Å². The second-order valence-electron chi connectivity index (χ2n) is 8.88. The van der Waals surface area contributed by atoms with Crippen LogP contribution in [0, 0.1) is 23.6 Å². The van der Waals surface area contributed by atoms with Crippen molar-refractivity contribution in [2.75, 3.05) is 0 Å². The summed E-state index contributed by atoms with van der Waals surface area (Å²) in [7, 11) is 0. The van der Waals surface area contributed by atoms with Crippen LogP contribution in [-0.2, 0) is 6.54 Å². The van der Waals surface area contributed by atoms with Crippen LogP contribution in [0.2, 0.25) is 5.02 Å². The SMILES string of the molecule is O=c1[nH]c2c(n1Cc1ccc(F)cc1)SC1C3CCC(C3)C1C2c1ccc(Cl)cc1. The molecular weight excluding hydrogens is 419 g/mol. The maximum absolute atomic E-state index is 13.3. The molecule has 2 saturated carbocycles. The highest BCUT2D eigenvalue weighted by Gasteiger charge is 2.55. The van der Waals surface area contributed by atoms with Crippen LogP contribution in [0.5, 0.6) is 0 Å². The summed E-state index contributed by atoms with van der Waals surface area (Å²) in [5, 5.41) is 2.33. The number of nitrogens with one attached hydrogen (secondary N) is 1. The molecule has 5 atom stereocenters. The Balaban J connectivity index is 1.47. The predicted octanol–water partition coefficient (Wildman–Crippen LogP) is 5.67. The van der Waals surface area contributed by atoms with Gasteiger partial charge >= 0.3 is 5.69 Å². The van der Waals surface area contributed by atoms with Gasteiger partial charge in [-0.3, -0.25) is 4.57 Å². The second-order valence-corrected chi connectivity index (χ2v) is 10.5. The molecule has 5 unspecified atom stereocenters. The first kappa shape index (κ1) is 18.8. The lowest BCUT2D eigenvalue weighted by molar-refractivity contribution is 0.301. The highest BCUT2D eigenvalue weighted by atomic mass is 35.5. The van der Waals surface area contributed by atoms with E-state index >= 15 is 0 Å². The summed E-state index contributed by atoms with van der Waals surface area (Å²) in [6.07, 6.45) is 3.90. The van der Waals surface area contributed by atoms with E-state index in [9.17, 15) is 9.18 Å². The van der Waals surface area contributed by atoms with Crippen LogP contribution in [0.4, 0.5) is 4.39 Å². The number of aromatic nitrogens is 2. The number of aromatic amines is 1. The molecule has 0 amide bonds. The van der Waals surface area contributed by atoms with Crippen LogP contribution in [0.25, 0.3) is 0 Å². The summed E-state index contributed by atoms with van der Waals surface area (Å²) in [5.41, 5.74) is 3.13. The molecule has 1 N–H and O–H groups in total. The Morgan fingerprint density at radius 3 is 2.57 bits per heavy atom. The molecule has 6 heteroatoms. The Morgan fingerprint density at radius 1 is 1.07 bits per heavy atom. The van der Waals surface area contributed by atoms with E-state index in [2.05, 4.69) is 17.1 Å². The third kappa shape index (κ3) is 2.89. The van der Waals surface area contributed by atoms with Gasteiger partial charge in [-0.1, -0.05) is 35.9 Å². The van der Waals surface area contributed by atoms with Gasteiger partial charge in [0, 0.05) is 16.2 Å². The van der Waals surface area contributed by atoms with Crippen molar-refractivity contribution in [1.29, 1.82) is 0 Å². The first-order valence-corrected chi connectivity index (χ1v) is 11.8. The Bertz CT molecular complexity index is 1150. The molecule has 2 fully saturated rings. The van der Waals surface area contributed by atoms with Gasteiger partial charge in [-0.2, -0.15) is 0 Å². The van der Waals surface area contributed by atoms with Crippen molar-refractivity contribution in [3.63, 3.8) is 0 Å². The third-order valence-electron chi connectivity index (χ3n) is 7.29. The van der Waals surface area contributed by atoms with Gasteiger partial charge in [-0.15, -0.1) is 11.8 Å². The zero-order chi connectivity index (χ0) is 20.4. The molecule has 2 bridgehead atoms. The predicted molar refractivity (Wildman–Crippen MR) is 118 cm³/mol. The minimum absolute atomic E-state index is 0.0805. The van der Waals surface area contributed by atoms with E-state index in [4.69, 9.17) is 11.6 Å². The summed E-state index contributed by atoms with van der Waals surface area (Å²) in [4.78, 5) is 16.2. The average Bonchev–Trinajstić information content (AvgIpc) is 3.43. The van der Waals surface area contributed by atoms with Gasteiger partial charge in [-0.25, -0.2) is 9.18 Å². The fraction of sp³-hybridized carbons (Fsp3) is 0.375. The van der Waals surface area contributed by atoms with Gasteiger partial charge in [0.05, 0.1) is 17.3 Å². The molecule has 0 spiro atoms. The molecule has 3 aliphatic rings. The Morgan fingerprint density at radius 2 is 1.80 bits per heavy atom. The van der Waals surface area contributed by atoms with Crippen molar-refractivity contribution in [3.8, 4) is 0 Å². The molecule has 2 aliphatic carbocycles. The maximum Gasteiger partial charge on any atom is 0.326 e. The number of halogens is 2. The van der Waals surface area contributed by atoms with Crippen LogP contribution < -0.4 is 5.69 Å². The molecule has 2 heterocycles. The van der Waals surface area contributed by atoms with Gasteiger partial charge in [0.1, 0.15) is 5.82 Å². The molecule has 30 heavy (non-hydrogen) atoms. The van der Waals surface area contributed by atoms with Crippen molar-refractivity contribution in [2.24, 2.45) is 17.8 Å². The van der Waals surface area contributed by atoms with Gasteiger partial charge in [0.25, 0.3) is 0 Å². The molecule has 154 valence electrons. The number of benzene rings is 2. The molecular formula is C24H22ClFN2OS. The number of rotatable bonds is 3. The molecule has 1 aliphatic heterocycles. The van der Waals surface area contributed by atoms with Crippen molar-refractivity contribution in [1.82, 2.24) is 9.55 Å². The zero-order valence-corrected chi connectivity index (χ0v) is 17.9. The van der Waals surface area contributed by atoms with E-state index in [-0.39, 0.29) is 17.4 Å². The fourth-order valence-electron chi connectivity index (χ4n) is 6.03. The van der Waals surface area contributed by atoms with Crippen molar-refractivity contribution < 1.29 is 4.39 Å². The summed E-state index contributed by atoms with van der Waals surface area (Å²) in [6.45, 7) is 0.455. The topological polar surface area (TPSA) is 37.8 Å². The quantitative estimate of drug-likeness (QED) is 0.569. The van der Waals surface area contributed by atoms with E-state index in [0.717, 1.165) is 33.1 Å². The lowest BCUT2D eigenvalue weighted by Crippen LogP contribution is -2.34. The Kier molecular flexibility index (Phi) is 4.40. The molecule has 6 rings (SSSR count). The lowest BCUT2D eigenvalue weighted by atomic mass is 9.74. The normalized spacial score (nSPS) is 29.1. The molecule has 1 aromatic heterocycles. The third-order valence-corrected chi connectivity index (χ3v) is 9.18. The highest BCUT2D eigenvalue weighted by Crippen LogP contribution is 2.63. The maximum atomic E-state index is 13.3. The number of fused-ring (bicyclic) bond motifs is 6. The lowest BCUT2D eigenvalue weighted by Gasteiger charge is -2.40. The van der Waals surface area contributed by atoms with Crippen molar-refractivity contribution >= 4 is 23.4 Å². The molecule has 3 nitrogen and oxygen atoms in total. The monoisotopic (exact) mass is 440 g/mol. The number of imidazole rings is 1. The Labute approximate surface area is 183 Å². The first-order valence-electron chi connectivity index (χ1n) is 10.6. The van der Waals surface area contributed by atoms with E-state index < -0.39 is 0 Å². The number of hydrogen-bond donors (Lipinski definition) is 1. The average molecular weight is 441 g/mol. The van der Waals surface area contributed by atoms with Gasteiger partial charge in [0.15, 0.2) is 0 Å². The largest absolute Gasteiger partial charge is 0.326 e. The standard InChI is InChI=1S/C24H22ClFN2OS/c25-17-7-5-14(6-8-17)19-20-15-3-4-16(11-15)22(20)30-23-21(19)27-24(29)28(23)12-13-1-9-18(26)10-2-13/h1-2,5-10,15-16,19-20,22H,3-4,11-12H2,(H,27,29). The van der Waals surface area contributed by atoms with Gasteiger partial charge in [0.2, 0.25) is 0 Å². The smallest absolute Gasteiger partial charge is 0.308 e. The van der Waals surface area contributed by atoms with Crippen molar-refractivity contribution in [2.45, 2.75) is 42.0 Å². The van der Waals surface area contributed by atoms with Crippen molar-refractivity contribution in [3.05, 3.63) is 86.7 Å². The van der Waals surface area contributed by atoms with Crippen LogP contribution in [-0.4, -0.2) is 14.8 Å². The Hall–Kier alpha value is -1.98. The second kappa shape index (κ2) is 7.03. The number of H-pyrrole nitrogens is 1. The number of thioether (sulfide) groups is 1. The number of nitrogens with zero attached hydrogens (tertiary/aromatic N) is 1. The van der Waals surface area contributed by atoms with Crippen LogP contribution in [0.3, 0.4) is 0 Å². The fourth-order valence-corrected chi connectivity index (χ4v) is 7.97. The summed E-state index contributed by atoms with van der Waals surface area (Å²) in [5.74, 6) is 1.95.